The van der Waals surface area contributed by atoms with Crippen molar-refractivity contribution >= 4 is 5.69 Å². The van der Waals surface area contributed by atoms with Crippen LogP contribution >= 0.6 is 0 Å². The number of ether oxygens (including phenoxy) is 1. The molecule has 0 amide bonds. The number of hydrogen-bond acceptors (Lipinski definition) is 3. The molecule has 0 aliphatic rings. The van der Waals surface area contributed by atoms with Crippen LogP contribution in [0.1, 0.15) is 5.56 Å². The molecule has 0 atom stereocenters. The molecule has 0 aromatic heterocycles. The van der Waals surface area contributed by atoms with E-state index < -0.39 is 0 Å². The van der Waals surface area contributed by atoms with Crippen LogP contribution in [0.5, 0.6) is 5.75 Å². The molecular weight excluding hydrogens is 176 g/mol. The monoisotopic (exact) mass is 194 g/mol. The normalized spacial score (nSPS) is 10.6. The van der Waals surface area contributed by atoms with Gasteiger partial charge in [-0.15, -0.1) is 0 Å². The Labute approximate surface area is 85.5 Å². The van der Waals surface area contributed by atoms with Crippen LogP contribution in [0.4, 0.5) is 5.69 Å². The summed E-state index contributed by atoms with van der Waals surface area (Å²) >= 11 is 0. The Balaban J connectivity index is 2.77. The second kappa shape index (κ2) is 4.86. The fourth-order valence-corrected chi connectivity index (χ4v) is 1.34. The third-order valence-corrected chi connectivity index (χ3v) is 2.13. The first-order valence-electron chi connectivity index (χ1n) is 4.70. The molecule has 0 heterocycles. The maximum absolute atomic E-state index is 5.72. The molecule has 0 saturated carbocycles. The lowest BCUT2D eigenvalue weighted by Crippen LogP contribution is -2.15. The minimum absolute atomic E-state index is 0.791. The molecule has 0 spiro atoms. The molecular formula is C11H18N2O. The van der Waals surface area contributed by atoms with Crippen molar-refractivity contribution in [3.8, 4) is 5.75 Å². The molecule has 0 radical (unpaired) electrons. The molecule has 0 saturated heterocycles. The second-order valence-corrected chi connectivity index (χ2v) is 3.62. The molecule has 0 aliphatic carbocycles. The molecule has 3 heteroatoms. The Hall–Kier alpha value is -1.22. The van der Waals surface area contributed by atoms with E-state index in [0.29, 0.717) is 0 Å². The van der Waals surface area contributed by atoms with E-state index in [1.165, 1.54) is 5.56 Å². The lowest BCUT2D eigenvalue weighted by molar-refractivity contribution is 0.392. The molecule has 1 aromatic rings. The van der Waals surface area contributed by atoms with Crippen LogP contribution in [0.3, 0.4) is 0 Å². The predicted octanol–water partition coefficient (Wildman–Crippen LogP) is 1.38. The standard InChI is InChI=1S/C11H18N2O/c1-13(2)7-6-9-8-10(12)4-5-11(9)14-3/h4-5,8H,6-7,12H2,1-3H3. The van der Waals surface area contributed by atoms with Gasteiger partial charge in [-0.2, -0.15) is 0 Å². The third kappa shape index (κ3) is 2.92. The van der Waals surface area contributed by atoms with Crippen molar-refractivity contribution in [2.24, 2.45) is 0 Å². The average molecular weight is 194 g/mol. The van der Waals surface area contributed by atoms with Crippen molar-refractivity contribution in [3.05, 3.63) is 23.8 Å². The second-order valence-electron chi connectivity index (χ2n) is 3.62. The number of nitrogen functional groups attached to an aromatic ring is 1. The minimum Gasteiger partial charge on any atom is -0.496 e. The quantitative estimate of drug-likeness (QED) is 0.736. The highest BCUT2D eigenvalue weighted by molar-refractivity contribution is 5.47. The van der Waals surface area contributed by atoms with E-state index in [-0.39, 0.29) is 0 Å². The van der Waals surface area contributed by atoms with E-state index in [1.807, 2.05) is 18.2 Å². The summed E-state index contributed by atoms with van der Waals surface area (Å²) in [7, 11) is 5.79. The van der Waals surface area contributed by atoms with E-state index in [2.05, 4.69) is 19.0 Å². The number of benzene rings is 1. The van der Waals surface area contributed by atoms with Gasteiger partial charge in [-0.25, -0.2) is 0 Å². The highest BCUT2D eigenvalue weighted by Crippen LogP contribution is 2.21. The summed E-state index contributed by atoms with van der Waals surface area (Å²) in [5, 5.41) is 0. The van der Waals surface area contributed by atoms with Crippen molar-refractivity contribution in [2.45, 2.75) is 6.42 Å². The van der Waals surface area contributed by atoms with Crippen molar-refractivity contribution < 1.29 is 4.74 Å². The average Bonchev–Trinajstić information content (AvgIpc) is 2.15. The van der Waals surface area contributed by atoms with Gasteiger partial charge < -0.3 is 15.4 Å². The first kappa shape index (κ1) is 10.9. The van der Waals surface area contributed by atoms with Gasteiger partial charge in [0.1, 0.15) is 5.75 Å². The van der Waals surface area contributed by atoms with Crippen LogP contribution in [-0.4, -0.2) is 32.6 Å². The van der Waals surface area contributed by atoms with Crippen molar-refractivity contribution in [1.82, 2.24) is 4.90 Å². The summed E-state index contributed by atoms with van der Waals surface area (Å²) in [6.07, 6.45) is 0.960. The van der Waals surface area contributed by atoms with Crippen LogP contribution in [0.15, 0.2) is 18.2 Å². The maximum atomic E-state index is 5.72. The largest absolute Gasteiger partial charge is 0.496 e. The van der Waals surface area contributed by atoms with Gasteiger partial charge in [0.2, 0.25) is 0 Å². The van der Waals surface area contributed by atoms with Gasteiger partial charge >= 0.3 is 0 Å². The van der Waals surface area contributed by atoms with Crippen molar-refractivity contribution in [3.63, 3.8) is 0 Å². The fourth-order valence-electron chi connectivity index (χ4n) is 1.34. The number of nitrogens with two attached hydrogens (primary N) is 1. The summed E-state index contributed by atoms with van der Waals surface area (Å²) in [5.74, 6) is 0.918. The van der Waals surface area contributed by atoms with Crippen LogP contribution in [0, 0.1) is 0 Å². The SMILES string of the molecule is COc1ccc(N)cc1CCN(C)C. The molecule has 1 rings (SSSR count). The molecule has 2 N–H and O–H groups in total. The molecule has 1 aromatic carbocycles. The fraction of sp³-hybridized carbons (Fsp3) is 0.455. The highest BCUT2D eigenvalue weighted by atomic mass is 16.5. The van der Waals surface area contributed by atoms with Crippen LogP contribution in [0.25, 0.3) is 0 Å². The van der Waals surface area contributed by atoms with Gasteiger partial charge in [-0.05, 0) is 44.3 Å². The summed E-state index contributed by atoms with van der Waals surface area (Å²) in [6.45, 7) is 1.000. The topological polar surface area (TPSA) is 38.5 Å². The number of likely N-dealkylation sites (N-methyl/N-ethyl adjacent to an activating group) is 1. The van der Waals surface area contributed by atoms with E-state index in [9.17, 15) is 0 Å². The summed E-state index contributed by atoms with van der Waals surface area (Å²) in [5.41, 5.74) is 7.68. The van der Waals surface area contributed by atoms with Gasteiger partial charge in [0.05, 0.1) is 7.11 Å². The van der Waals surface area contributed by atoms with Crippen LogP contribution < -0.4 is 10.5 Å². The number of anilines is 1. The van der Waals surface area contributed by atoms with Gasteiger partial charge in [0.25, 0.3) is 0 Å². The van der Waals surface area contributed by atoms with Crippen molar-refractivity contribution in [2.75, 3.05) is 33.5 Å². The minimum atomic E-state index is 0.791. The number of hydrogen-bond donors (Lipinski definition) is 1. The first-order chi connectivity index (χ1) is 6.63. The van der Waals surface area contributed by atoms with E-state index in [0.717, 1.165) is 24.4 Å². The maximum Gasteiger partial charge on any atom is 0.122 e. The summed E-state index contributed by atoms with van der Waals surface area (Å²) < 4.78 is 5.26. The van der Waals surface area contributed by atoms with Crippen LogP contribution in [-0.2, 0) is 6.42 Å². The predicted molar refractivity (Wildman–Crippen MR) is 59.7 cm³/mol. The zero-order valence-electron chi connectivity index (χ0n) is 9.08. The molecule has 78 valence electrons. The molecule has 0 bridgehead atoms. The summed E-state index contributed by atoms with van der Waals surface area (Å²) in [6, 6.07) is 5.75. The third-order valence-electron chi connectivity index (χ3n) is 2.13. The lowest BCUT2D eigenvalue weighted by Gasteiger charge is -2.12. The van der Waals surface area contributed by atoms with Gasteiger partial charge in [-0.1, -0.05) is 0 Å². The molecule has 3 nitrogen and oxygen atoms in total. The molecule has 14 heavy (non-hydrogen) atoms. The van der Waals surface area contributed by atoms with Gasteiger partial charge in [0, 0.05) is 12.2 Å². The van der Waals surface area contributed by atoms with Crippen LogP contribution in [0.2, 0.25) is 0 Å². The zero-order valence-corrected chi connectivity index (χ0v) is 9.08. The molecule has 0 fully saturated rings. The van der Waals surface area contributed by atoms with E-state index >= 15 is 0 Å². The number of nitrogens with zero attached hydrogens (tertiary/aromatic N) is 1. The van der Waals surface area contributed by atoms with E-state index in [4.69, 9.17) is 10.5 Å². The Morgan fingerprint density at radius 3 is 2.64 bits per heavy atom. The molecule has 0 unspecified atom stereocenters. The van der Waals surface area contributed by atoms with Gasteiger partial charge in [-0.3, -0.25) is 0 Å². The number of rotatable bonds is 4. The zero-order chi connectivity index (χ0) is 10.6. The Morgan fingerprint density at radius 2 is 2.07 bits per heavy atom. The van der Waals surface area contributed by atoms with Gasteiger partial charge in [0.15, 0.2) is 0 Å². The molecule has 0 aliphatic heterocycles. The van der Waals surface area contributed by atoms with E-state index in [1.54, 1.807) is 7.11 Å². The number of methoxy groups -OCH3 is 1. The Morgan fingerprint density at radius 1 is 1.36 bits per heavy atom. The first-order valence-corrected chi connectivity index (χ1v) is 4.70. The lowest BCUT2D eigenvalue weighted by atomic mass is 10.1. The summed E-state index contributed by atoms with van der Waals surface area (Å²) in [4.78, 5) is 2.14. The Bertz CT molecular complexity index is 297. The highest BCUT2D eigenvalue weighted by Gasteiger charge is 2.03. The van der Waals surface area contributed by atoms with Crippen molar-refractivity contribution in [1.29, 1.82) is 0 Å². The smallest absolute Gasteiger partial charge is 0.122 e. The Kier molecular flexibility index (Phi) is 3.77.